The van der Waals surface area contributed by atoms with Gasteiger partial charge in [0.2, 0.25) is 5.91 Å². The van der Waals surface area contributed by atoms with Gasteiger partial charge in [0.25, 0.3) is 0 Å². The highest BCUT2D eigenvalue weighted by molar-refractivity contribution is 6.30. The second-order valence-electron chi connectivity index (χ2n) is 4.84. The maximum absolute atomic E-state index is 11.8. The number of hydrogen-bond acceptors (Lipinski definition) is 4. The number of ether oxygens (including phenoxy) is 1. The van der Waals surface area contributed by atoms with Crippen molar-refractivity contribution in [3.05, 3.63) is 17.4 Å². The number of primary amides is 1. The molecule has 1 aliphatic rings. The molecule has 106 valence electrons. The van der Waals surface area contributed by atoms with Crippen molar-refractivity contribution in [1.29, 1.82) is 0 Å². The van der Waals surface area contributed by atoms with Gasteiger partial charge in [-0.3, -0.25) is 14.4 Å². The van der Waals surface area contributed by atoms with Crippen LogP contribution >= 0.6 is 11.6 Å². The van der Waals surface area contributed by atoms with Gasteiger partial charge in [-0.1, -0.05) is 11.6 Å². The largest absolute Gasteiger partial charge is 0.382 e. The van der Waals surface area contributed by atoms with Gasteiger partial charge in [-0.25, -0.2) is 0 Å². The molecule has 1 aromatic rings. The lowest BCUT2D eigenvalue weighted by Gasteiger charge is -2.35. The lowest BCUT2D eigenvalue weighted by atomic mass is 9.96. The first kappa shape index (κ1) is 14.3. The van der Waals surface area contributed by atoms with Crippen molar-refractivity contribution in [2.75, 3.05) is 26.8 Å². The van der Waals surface area contributed by atoms with E-state index in [1.54, 1.807) is 24.2 Å². The Morgan fingerprint density at radius 1 is 1.63 bits per heavy atom. The van der Waals surface area contributed by atoms with E-state index in [4.69, 9.17) is 22.1 Å². The van der Waals surface area contributed by atoms with Crippen LogP contribution in [0.3, 0.4) is 0 Å². The Bertz CT molecular complexity index is 451. The zero-order chi connectivity index (χ0) is 13.9. The first-order chi connectivity index (χ1) is 9.08. The lowest BCUT2D eigenvalue weighted by Crippen LogP contribution is -2.57. The molecule has 1 amide bonds. The number of carbonyl (C=O) groups excluding carboxylic acids is 1. The van der Waals surface area contributed by atoms with Crippen LogP contribution in [-0.2, 0) is 16.1 Å². The molecule has 2 heterocycles. The van der Waals surface area contributed by atoms with E-state index >= 15 is 0 Å². The summed E-state index contributed by atoms with van der Waals surface area (Å²) in [6.07, 6.45) is 5.06. The van der Waals surface area contributed by atoms with Crippen molar-refractivity contribution in [2.45, 2.75) is 24.9 Å². The van der Waals surface area contributed by atoms with E-state index in [9.17, 15) is 4.79 Å². The molecule has 0 spiro atoms. The van der Waals surface area contributed by atoms with Crippen molar-refractivity contribution in [3.8, 4) is 0 Å². The van der Waals surface area contributed by atoms with Crippen LogP contribution in [0.4, 0.5) is 0 Å². The van der Waals surface area contributed by atoms with E-state index < -0.39 is 5.54 Å². The summed E-state index contributed by atoms with van der Waals surface area (Å²) >= 11 is 5.82. The van der Waals surface area contributed by atoms with Gasteiger partial charge in [0.05, 0.1) is 24.4 Å². The number of likely N-dealkylation sites (tertiary alicyclic amines) is 1. The fourth-order valence-corrected chi connectivity index (χ4v) is 2.85. The molecule has 0 radical (unpaired) electrons. The van der Waals surface area contributed by atoms with Crippen molar-refractivity contribution < 1.29 is 9.53 Å². The van der Waals surface area contributed by atoms with Crippen molar-refractivity contribution >= 4 is 17.5 Å². The summed E-state index contributed by atoms with van der Waals surface area (Å²) in [6.45, 7) is 2.55. The first-order valence-corrected chi connectivity index (χ1v) is 6.68. The van der Waals surface area contributed by atoms with Gasteiger partial charge in [-0.05, 0) is 19.4 Å². The Morgan fingerprint density at radius 3 is 3.00 bits per heavy atom. The Hall–Kier alpha value is -1.11. The molecule has 2 N–H and O–H groups in total. The number of amides is 1. The predicted octanol–water partition coefficient (Wildman–Crippen LogP) is 0.503. The van der Waals surface area contributed by atoms with Crippen LogP contribution in [0.15, 0.2) is 12.4 Å². The molecule has 19 heavy (non-hydrogen) atoms. The zero-order valence-electron chi connectivity index (χ0n) is 11.0. The van der Waals surface area contributed by atoms with E-state index in [0.717, 1.165) is 19.4 Å². The van der Waals surface area contributed by atoms with Crippen LogP contribution in [0, 0.1) is 0 Å². The third-order valence-corrected chi connectivity index (χ3v) is 3.86. The molecule has 1 aromatic heterocycles. The standard InChI is InChI=1S/C12H19ClN4O2/c1-19-9-12(11(14)18)3-2-4-16(12)5-6-17-8-10(13)7-15-17/h7-8H,2-6,9H2,1H3,(H2,14,18). The molecular formula is C12H19ClN4O2. The molecule has 1 aliphatic heterocycles. The highest BCUT2D eigenvalue weighted by Crippen LogP contribution is 2.29. The topological polar surface area (TPSA) is 73.4 Å². The second-order valence-corrected chi connectivity index (χ2v) is 5.28. The molecule has 6 nitrogen and oxygen atoms in total. The Morgan fingerprint density at radius 2 is 2.42 bits per heavy atom. The monoisotopic (exact) mass is 286 g/mol. The average molecular weight is 287 g/mol. The molecule has 7 heteroatoms. The fraction of sp³-hybridized carbons (Fsp3) is 0.667. The van der Waals surface area contributed by atoms with E-state index in [1.165, 1.54) is 0 Å². The van der Waals surface area contributed by atoms with Crippen LogP contribution in [0.2, 0.25) is 5.02 Å². The summed E-state index contributed by atoms with van der Waals surface area (Å²) in [6, 6.07) is 0. The number of hydrogen-bond donors (Lipinski definition) is 1. The zero-order valence-corrected chi connectivity index (χ0v) is 11.8. The molecule has 1 saturated heterocycles. The van der Waals surface area contributed by atoms with E-state index in [1.807, 2.05) is 0 Å². The van der Waals surface area contributed by atoms with Gasteiger partial charge in [0.15, 0.2) is 0 Å². The summed E-state index contributed by atoms with van der Waals surface area (Å²) in [5, 5.41) is 4.74. The maximum Gasteiger partial charge on any atom is 0.240 e. The Labute approximate surface area is 117 Å². The van der Waals surface area contributed by atoms with Crippen LogP contribution in [0.5, 0.6) is 0 Å². The number of carbonyl (C=O) groups is 1. The van der Waals surface area contributed by atoms with Crippen LogP contribution in [-0.4, -0.2) is 52.9 Å². The molecule has 0 aliphatic carbocycles. The van der Waals surface area contributed by atoms with Gasteiger partial charge in [0.1, 0.15) is 5.54 Å². The molecule has 0 aromatic carbocycles. The third kappa shape index (κ3) is 2.91. The van der Waals surface area contributed by atoms with E-state index in [-0.39, 0.29) is 5.91 Å². The number of methoxy groups -OCH3 is 1. The minimum atomic E-state index is -0.675. The molecule has 1 fully saturated rings. The summed E-state index contributed by atoms with van der Waals surface area (Å²) in [5.41, 5.74) is 4.90. The van der Waals surface area contributed by atoms with Gasteiger partial charge < -0.3 is 10.5 Å². The van der Waals surface area contributed by atoms with Crippen molar-refractivity contribution in [1.82, 2.24) is 14.7 Å². The third-order valence-electron chi connectivity index (χ3n) is 3.67. The van der Waals surface area contributed by atoms with Crippen molar-refractivity contribution in [2.24, 2.45) is 5.73 Å². The van der Waals surface area contributed by atoms with Crippen LogP contribution < -0.4 is 5.73 Å². The Kier molecular flexibility index (Phi) is 4.44. The van der Waals surface area contributed by atoms with Gasteiger partial charge in [-0.2, -0.15) is 5.10 Å². The predicted molar refractivity (Wildman–Crippen MR) is 71.8 cm³/mol. The highest BCUT2D eigenvalue weighted by atomic mass is 35.5. The minimum Gasteiger partial charge on any atom is -0.382 e. The van der Waals surface area contributed by atoms with Gasteiger partial charge in [-0.15, -0.1) is 0 Å². The Balaban J connectivity index is 2.03. The number of nitrogens with zero attached hydrogens (tertiary/aromatic N) is 3. The van der Waals surface area contributed by atoms with Gasteiger partial charge >= 0.3 is 0 Å². The normalized spacial score (nSPS) is 23.9. The molecule has 1 unspecified atom stereocenters. The minimum absolute atomic E-state index is 0.314. The number of rotatable bonds is 6. The number of nitrogens with two attached hydrogens (primary N) is 1. The summed E-state index contributed by atoms with van der Waals surface area (Å²) < 4.78 is 6.95. The molecular weight excluding hydrogens is 268 g/mol. The SMILES string of the molecule is COCC1(C(N)=O)CCCN1CCn1cc(Cl)cn1. The van der Waals surface area contributed by atoms with E-state index in [2.05, 4.69) is 10.00 Å². The molecule has 0 saturated carbocycles. The smallest absolute Gasteiger partial charge is 0.240 e. The highest BCUT2D eigenvalue weighted by Gasteiger charge is 2.45. The van der Waals surface area contributed by atoms with Crippen LogP contribution in [0.25, 0.3) is 0 Å². The quantitative estimate of drug-likeness (QED) is 0.827. The fourth-order valence-electron chi connectivity index (χ4n) is 2.70. The maximum atomic E-state index is 11.8. The second kappa shape index (κ2) is 5.90. The van der Waals surface area contributed by atoms with Crippen molar-refractivity contribution in [3.63, 3.8) is 0 Å². The average Bonchev–Trinajstić information content (AvgIpc) is 2.94. The first-order valence-electron chi connectivity index (χ1n) is 6.30. The molecule has 0 bridgehead atoms. The van der Waals surface area contributed by atoms with Gasteiger partial charge in [0, 0.05) is 19.9 Å². The summed E-state index contributed by atoms with van der Waals surface area (Å²) in [4.78, 5) is 13.9. The number of aromatic nitrogens is 2. The number of halogens is 1. The summed E-state index contributed by atoms with van der Waals surface area (Å²) in [7, 11) is 1.59. The molecule has 1 atom stereocenters. The van der Waals surface area contributed by atoms with Crippen LogP contribution in [0.1, 0.15) is 12.8 Å². The lowest BCUT2D eigenvalue weighted by molar-refractivity contribution is -0.132. The molecule has 2 rings (SSSR count). The van der Waals surface area contributed by atoms with E-state index in [0.29, 0.717) is 24.7 Å². The summed E-state index contributed by atoms with van der Waals surface area (Å²) in [5.74, 6) is -0.314.